The minimum absolute atomic E-state index is 0.0403. The molecule has 0 atom stereocenters. The van der Waals surface area contributed by atoms with E-state index in [1.54, 1.807) is 13.8 Å². The van der Waals surface area contributed by atoms with Gasteiger partial charge in [-0.1, -0.05) is 0 Å². The number of hydrogen-bond donors (Lipinski definition) is 3. The lowest BCUT2D eigenvalue weighted by Gasteiger charge is -2.07. The average Bonchev–Trinajstić information content (AvgIpc) is 2.15. The summed E-state index contributed by atoms with van der Waals surface area (Å²) in [6.07, 6.45) is 0.327. The fourth-order valence-electron chi connectivity index (χ4n) is 0.637. The summed E-state index contributed by atoms with van der Waals surface area (Å²) < 4.78 is 9.12. The molecular formula is C8H15N3O4. The first-order valence-corrected chi connectivity index (χ1v) is 4.42. The summed E-state index contributed by atoms with van der Waals surface area (Å²) in [6, 6.07) is 0. The minimum Gasteiger partial charge on any atom is -0.463 e. The summed E-state index contributed by atoms with van der Waals surface area (Å²) >= 11 is 0. The van der Waals surface area contributed by atoms with Gasteiger partial charge in [0.2, 0.25) is 0 Å². The fraction of sp³-hybridized carbons (Fsp3) is 0.500. The van der Waals surface area contributed by atoms with Crippen LogP contribution < -0.4 is 16.6 Å². The van der Waals surface area contributed by atoms with Crippen molar-refractivity contribution in [2.75, 3.05) is 13.2 Å². The summed E-state index contributed by atoms with van der Waals surface area (Å²) in [5, 5.41) is 0. The normalized spacial score (nSPS) is 10.4. The Morgan fingerprint density at radius 1 is 1.20 bits per heavy atom. The standard InChI is InChI=1S/C8H15N3O4/c1-3-14-7(12)5-6(9)10-11-8(13)15-4-2/h5,10H,3-4,9H2,1-2H3,(H,11,13)/b6-5+. The molecule has 0 aromatic rings. The molecule has 86 valence electrons. The number of ether oxygens (including phenoxy) is 2. The van der Waals surface area contributed by atoms with Gasteiger partial charge in [-0.3, -0.25) is 5.43 Å². The van der Waals surface area contributed by atoms with Crippen LogP contribution in [0.25, 0.3) is 0 Å². The van der Waals surface area contributed by atoms with Gasteiger partial charge >= 0.3 is 12.1 Å². The van der Waals surface area contributed by atoms with Crippen molar-refractivity contribution < 1.29 is 19.1 Å². The van der Waals surface area contributed by atoms with Gasteiger partial charge in [-0.2, -0.15) is 0 Å². The van der Waals surface area contributed by atoms with Gasteiger partial charge < -0.3 is 15.2 Å². The van der Waals surface area contributed by atoms with Crippen LogP contribution in [0, 0.1) is 0 Å². The quantitative estimate of drug-likeness (QED) is 0.329. The summed E-state index contributed by atoms with van der Waals surface area (Å²) in [6.45, 7) is 3.84. The third-order valence-electron chi connectivity index (χ3n) is 1.14. The second kappa shape index (κ2) is 7.48. The van der Waals surface area contributed by atoms with Crippen molar-refractivity contribution in [3.63, 3.8) is 0 Å². The molecule has 7 nitrogen and oxygen atoms in total. The van der Waals surface area contributed by atoms with E-state index in [4.69, 9.17) is 5.73 Å². The Kier molecular flexibility index (Phi) is 6.52. The lowest BCUT2D eigenvalue weighted by atomic mass is 10.5. The molecular weight excluding hydrogens is 202 g/mol. The first kappa shape index (κ1) is 13.1. The molecule has 0 aliphatic heterocycles. The highest BCUT2D eigenvalue weighted by molar-refractivity contribution is 5.82. The van der Waals surface area contributed by atoms with E-state index < -0.39 is 12.1 Å². The first-order valence-electron chi connectivity index (χ1n) is 4.42. The lowest BCUT2D eigenvalue weighted by Crippen LogP contribution is -2.40. The van der Waals surface area contributed by atoms with Crippen molar-refractivity contribution >= 4 is 12.1 Å². The molecule has 1 amide bonds. The number of nitrogens with one attached hydrogen (secondary N) is 2. The van der Waals surface area contributed by atoms with Crippen molar-refractivity contribution in [3.8, 4) is 0 Å². The van der Waals surface area contributed by atoms with E-state index in [9.17, 15) is 9.59 Å². The van der Waals surface area contributed by atoms with Gasteiger partial charge in [-0.05, 0) is 13.8 Å². The molecule has 0 bridgehead atoms. The molecule has 0 spiro atoms. The Bertz CT molecular complexity index is 252. The van der Waals surface area contributed by atoms with Gasteiger partial charge in [0, 0.05) is 0 Å². The molecule has 0 aliphatic rings. The fourth-order valence-corrected chi connectivity index (χ4v) is 0.637. The molecule has 15 heavy (non-hydrogen) atoms. The van der Waals surface area contributed by atoms with Crippen LogP contribution in [0.4, 0.5) is 4.79 Å². The Morgan fingerprint density at radius 2 is 1.80 bits per heavy atom. The van der Waals surface area contributed by atoms with Crippen molar-refractivity contribution in [1.29, 1.82) is 0 Å². The maximum atomic E-state index is 10.9. The largest absolute Gasteiger partial charge is 0.463 e. The maximum Gasteiger partial charge on any atom is 0.425 e. The van der Waals surface area contributed by atoms with E-state index in [2.05, 4.69) is 20.3 Å². The number of carbonyl (C=O) groups is 2. The monoisotopic (exact) mass is 217 g/mol. The molecule has 0 aromatic carbocycles. The van der Waals surface area contributed by atoms with Crippen molar-refractivity contribution in [2.24, 2.45) is 5.73 Å². The van der Waals surface area contributed by atoms with E-state index >= 15 is 0 Å². The van der Waals surface area contributed by atoms with Gasteiger partial charge in [0.25, 0.3) is 0 Å². The van der Waals surface area contributed by atoms with E-state index in [1.807, 2.05) is 0 Å². The van der Waals surface area contributed by atoms with Gasteiger partial charge in [0.1, 0.15) is 5.82 Å². The Hall–Kier alpha value is -1.92. The van der Waals surface area contributed by atoms with E-state index in [0.717, 1.165) is 6.08 Å². The number of carbonyl (C=O) groups excluding carboxylic acids is 2. The van der Waals surface area contributed by atoms with Crippen molar-refractivity contribution in [1.82, 2.24) is 10.9 Å². The highest BCUT2D eigenvalue weighted by Gasteiger charge is 2.01. The molecule has 0 heterocycles. The van der Waals surface area contributed by atoms with Crippen LogP contribution in [0.1, 0.15) is 13.8 Å². The summed E-state index contributed by atoms with van der Waals surface area (Å²) in [7, 11) is 0. The second-order valence-electron chi connectivity index (χ2n) is 2.32. The third-order valence-corrected chi connectivity index (χ3v) is 1.14. The molecule has 0 aromatic heterocycles. The van der Waals surface area contributed by atoms with Crippen LogP contribution in [-0.4, -0.2) is 25.3 Å². The predicted octanol–water partition coefficient (Wildman–Crippen LogP) is -0.400. The smallest absolute Gasteiger partial charge is 0.425 e. The first-order chi connectivity index (χ1) is 7.10. The van der Waals surface area contributed by atoms with Crippen LogP contribution in [0.2, 0.25) is 0 Å². The Labute approximate surface area is 87.6 Å². The van der Waals surface area contributed by atoms with Crippen LogP contribution >= 0.6 is 0 Å². The second-order valence-corrected chi connectivity index (χ2v) is 2.32. The molecule has 7 heteroatoms. The van der Waals surface area contributed by atoms with Gasteiger partial charge in [0.15, 0.2) is 0 Å². The molecule has 0 saturated carbocycles. The van der Waals surface area contributed by atoms with Crippen molar-refractivity contribution in [3.05, 3.63) is 11.9 Å². The lowest BCUT2D eigenvalue weighted by molar-refractivity contribution is -0.137. The van der Waals surface area contributed by atoms with Gasteiger partial charge in [-0.15, -0.1) is 0 Å². The molecule has 0 saturated heterocycles. The molecule has 0 unspecified atom stereocenters. The maximum absolute atomic E-state index is 10.9. The Balaban J connectivity index is 3.86. The molecule has 0 fully saturated rings. The topological polar surface area (TPSA) is 103 Å². The van der Waals surface area contributed by atoms with E-state index in [1.165, 1.54) is 0 Å². The van der Waals surface area contributed by atoms with E-state index in [-0.39, 0.29) is 19.0 Å². The van der Waals surface area contributed by atoms with Crippen LogP contribution in [-0.2, 0) is 14.3 Å². The zero-order valence-corrected chi connectivity index (χ0v) is 8.70. The van der Waals surface area contributed by atoms with Crippen molar-refractivity contribution in [2.45, 2.75) is 13.8 Å². The highest BCUT2D eigenvalue weighted by atomic mass is 16.6. The zero-order chi connectivity index (χ0) is 11.7. The van der Waals surface area contributed by atoms with Crippen LogP contribution in [0.3, 0.4) is 0 Å². The summed E-state index contributed by atoms with van der Waals surface area (Å²) in [5.74, 6) is -0.630. The average molecular weight is 217 g/mol. The van der Waals surface area contributed by atoms with Crippen LogP contribution in [0.5, 0.6) is 0 Å². The summed E-state index contributed by atoms with van der Waals surface area (Å²) in [5.41, 5.74) is 9.72. The molecule has 0 rings (SSSR count). The zero-order valence-electron chi connectivity index (χ0n) is 8.70. The number of rotatable bonds is 5. The van der Waals surface area contributed by atoms with E-state index in [0.29, 0.717) is 0 Å². The SMILES string of the molecule is CCOC(=O)/C=C(\N)NNC(=O)OCC. The number of esters is 1. The number of amides is 1. The molecule has 0 radical (unpaired) electrons. The van der Waals surface area contributed by atoms with Gasteiger partial charge in [-0.25, -0.2) is 15.0 Å². The molecule has 0 aliphatic carbocycles. The summed E-state index contributed by atoms with van der Waals surface area (Å²) in [4.78, 5) is 21.6. The minimum atomic E-state index is -0.683. The predicted molar refractivity (Wildman–Crippen MR) is 52.2 cm³/mol. The number of nitrogens with two attached hydrogens (primary N) is 1. The van der Waals surface area contributed by atoms with Gasteiger partial charge in [0.05, 0.1) is 19.3 Å². The number of hydrazine groups is 1. The number of hydrogen-bond acceptors (Lipinski definition) is 6. The highest BCUT2D eigenvalue weighted by Crippen LogP contribution is 1.83. The third kappa shape index (κ3) is 7.17. The Morgan fingerprint density at radius 3 is 2.33 bits per heavy atom. The molecule has 4 N–H and O–H groups in total. The van der Waals surface area contributed by atoms with Crippen LogP contribution in [0.15, 0.2) is 11.9 Å².